The maximum atomic E-state index is 13.3. The van der Waals surface area contributed by atoms with Crippen LogP contribution >= 0.6 is 0 Å². The van der Waals surface area contributed by atoms with Crippen molar-refractivity contribution in [3.05, 3.63) is 89.0 Å². The van der Waals surface area contributed by atoms with Gasteiger partial charge in [-0.3, -0.25) is 4.79 Å². The number of ketones is 1. The highest BCUT2D eigenvalue weighted by Crippen LogP contribution is 2.30. The van der Waals surface area contributed by atoms with Crippen molar-refractivity contribution < 1.29 is 9.53 Å². The van der Waals surface area contributed by atoms with Crippen LogP contribution in [0, 0.1) is 6.92 Å². The highest BCUT2D eigenvalue weighted by molar-refractivity contribution is 6.08. The van der Waals surface area contributed by atoms with E-state index >= 15 is 0 Å². The van der Waals surface area contributed by atoms with E-state index in [-0.39, 0.29) is 5.78 Å². The van der Waals surface area contributed by atoms with Crippen molar-refractivity contribution in [2.75, 3.05) is 59.3 Å². The largest absolute Gasteiger partial charge is 0.497 e. The minimum atomic E-state index is -0.00283. The summed E-state index contributed by atoms with van der Waals surface area (Å²) in [7, 11) is 7.82. The van der Waals surface area contributed by atoms with Gasteiger partial charge in [0.05, 0.1) is 7.11 Å². The molecule has 0 aromatic heterocycles. The molecule has 0 N–H and O–H groups in total. The lowest BCUT2D eigenvalue weighted by Gasteiger charge is -2.34. The molecular formula is C31H37N3O2. The van der Waals surface area contributed by atoms with Crippen LogP contribution in [0.25, 0.3) is 17.2 Å². The average Bonchev–Trinajstić information content (AvgIpc) is 2.87. The predicted octanol–water partition coefficient (Wildman–Crippen LogP) is 5.38. The molecule has 36 heavy (non-hydrogen) atoms. The van der Waals surface area contributed by atoms with E-state index in [9.17, 15) is 4.79 Å². The van der Waals surface area contributed by atoms with Crippen molar-refractivity contribution in [2.24, 2.45) is 0 Å². The van der Waals surface area contributed by atoms with Gasteiger partial charge in [-0.1, -0.05) is 30.3 Å². The molecule has 3 aromatic carbocycles. The third-order valence-corrected chi connectivity index (χ3v) is 6.76. The fourth-order valence-electron chi connectivity index (χ4n) is 4.70. The Morgan fingerprint density at radius 1 is 1.00 bits per heavy atom. The fraction of sp³-hybridized carbons (Fsp3) is 0.323. The topological polar surface area (TPSA) is 36.0 Å². The summed E-state index contributed by atoms with van der Waals surface area (Å²) >= 11 is 0. The predicted molar refractivity (Wildman–Crippen MR) is 150 cm³/mol. The molecule has 1 fully saturated rings. The van der Waals surface area contributed by atoms with E-state index in [1.54, 1.807) is 13.2 Å². The van der Waals surface area contributed by atoms with Crippen LogP contribution in [0.4, 0.5) is 5.69 Å². The van der Waals surface area contributed by atoms with Crippen LogP contribution in [0.3, 0.4) is 0 Å². The first-order valence-electron chi connectivity index (χ1n) is 12.5. The van der Waals surface area contributed by atoms with Gasteiger partial charge < -0.3 is 19.4 Å². The fourth-order valence-corrected chi connectivity index (χ4v) is 4.70. The highest BCUT2D eigenvalue weighted by atomic mass is 16.5. The molecule has 0 bridgehead atoms. The lowest BCUT2D eigenvalue weighted by atomic mass is 9.97. The number of benzene rings is 3. The highest BCUT2D eigenvalue weighted by Gasteiger charge is 2.16. The molecule has 0 amide bonds. The van der Waals surface area contributed by atoms with E-state index in [2.05, 4.69) is 71.1 Å². The minimum Gasteiger partial charge on any atom is -0.497 e. The lowest BCUT2D eigenvalue weighted by Crippen LogP contribution is -2.44. The number of anilines is 1. The lowest BCUT2D eigenvalue weighted by molar-refractivity contribution is 0.104. The number of ether oxygens (including phenoxy) is 1. The Morgan fingerprint density at radius 3 is 2.44 bits per heavy atom. The number of carbonyl (C=O) groups excluding carboxylic acids is 1. The quantitative estimate of drug-likeness (QED) is 0.318. The summed E-state index contributed by atoms with van der Waals surface area (Å²) in [4.78, 5) is 20.2. The van der Waals surface area contributed by atoms with E-state index < -0.39 is 0 Å². The molecule has 0 radical (unpaired) electrons. The SMILES string of the molecule is COc1ccc(C(=O)/C=C/c2cc(-c3ccccc3C)cc(N3CCN(C)CC3)c2)c(CN(C)C)c1. The molecule has 1 heterocycles. The second-order valence-electron chi connectivity index (χ2n) is 9.88. The summed E-state index contributed by atoms with van der Waals surface area (Å²) in [6.07, 6.45) is 3.65. The standard InChI is InChI=1S/C31H37N3O2/c1-23-8-6-7-9-29(23)25-18-24(19-27(20-25)34-16-14-33(4)15-17-34)10-13-31(35)30-12-11-28(36-5)21-26(30)22-32(2)3/h6-13,18-21H,14-17,22H2,1-5H3/b13-10+. The summed E-state index contributed by atoms with van der Waals surface area (Å²) in [5.74, 6) is 0.757. The Morgan fingerprint density at radius 2 is 1.75 bits per heavy atom. The van der Waals surface area contributed by atoms with Crippen LogP contribution in [0.1, 0.15) is 27.0 Å². The van der Waals surface area contributed by atoms with Gasteiger partial charge in [-0.15, -0.1) is 0 Å². The van der Waals surface area contributed by atoms with Gasteiger partial charge in [-0.2, -0.15) is 0 Å². The molecule has 1 aliphatic heterocycles. The normalized spacial score (nSPS) is 14.6. The van der Waals surface area contributed by atoms with Crippen LogP contribution in [-0.2, 0) is 6.54 Å². The number of nitrogens with zero attached hydrogens (tertiary/aromatic N) is 3. The van der Waals surface area contributed by atoms with Crippen LogP contribution in [0.2, 0.25) is 0 Å². The Labute approximate surface area is 215 Å². The Kier molecular flexibility index (Phi) is 8.24. The molecule has 1 saturated heterocycles. The van der Waals surface area contributed by atoms with Crippen LogP contribution < -0.4 is 9.64 Å². The Hall–Kier alpha value is -3.41. The minimum absolute atomic E-state index is 0.00283. The first kappa shape index (κ1) is 25.7. The molecule has 5 heteroatoms. The molecular weight excluding hydrogens is 446 g/mol. The van der Waals surface area contributed by atoms with E-state index in [0.29, 0.717) is 12.1 Å². The van der Waals surface area contributed by atoms with Crippen LogP contribution in [-0.4, -0.2) is 70.0 Å². The van der Waals surface area contributed by atoms with E-state index in [1.165, 1.54) is 22.4 Å². The summed E-state index contributed by atoms with van der Waals surface area (Å²) in [5.41, 5.74) is 7.53. The van der Waals surface area contributed by atoms with Gasteiger partial charge in [0, 0.05) is 44.0 Å². The Balaban J connectivity index is 1.68. The Bertz CT molecular complexity index is 1240. The number of likely N-dealkylation sites (N-methyl/N-ethyl adjacent to an activating group) is 1. The zero-order valence-electron chi connectivity index (χ0n) is 22.1. The number of aryl methyl sites for hydroxylation is 1. The van der Waals surface area contributed by atoms with E-state index in [1.807, 2.05) is 38.4 Å². The van der Waals surface area contributed by atoms with Gasteiger partial charge in [0.2, 0.25) is 0 Å². The molecule has 188 valence electrons. The second-order valence-corrected chi connectivity index (χ2v) is 9.88. The molecule has 0 saturated carbocycles. The molecule has 0 spiro atoms. The van der Waals surface area contributed by atoms with Crippen LogP contribution in [0.5, 0.6) is 5.75 Å². The second kappa shape index (κ2) is 11.5. The summed E-state index contributed by atoms with van der Waals surface area (Å²) in [6, 6.07) is 20.8. The van der Waals surface area contributed by atoms with Gasteiger partial charge in [-0.05, 0) is 98.4 Å². The molecule has 3 aromatic rings. The number of rotatable bonds is 8. The smallest absolute Gasteiger partial charge is 0.186 e. The average molecular weight is 484 g/mol. The third-order valence-electron chi connectivity index (χ3n) is 6.76. The molecule has 1 aliphatic rings. The van der Waals surface area contributed by atoms with Crippen molar-refractivity contribution >= 4 is 17.5 Å². The maximum absolute atomic E-state index is 13.3. The molecule has 0 atom stereocenters. The van der Waals surface area contributed by atoms with Gasteiger partial charge in [-0.25, -0.2) is 0 Å². The molecule has 0 unspecified atom stereocenters. The molecule has 4 rings (SSSR count). The number of methoxy groups -OCH3 is 1. The molecule has 0 aliphatic carbocycles. The van der Waals surface area contributed by atoms with Crippen molar-refractivity contribution in [2.45, 2.75) is 13.5 Å². The van der Waals surface area contributed by atoms with Crippen LogP contribution in [0.15, 0.2) is 66.7 Å². The van der Waals surface area contributed by atoms with E-state index in [0.717, 1.165) is 43.1 Å². The third kappa shape index (κ3) is 6.23. The van der Waals surface area contributed by atoms with Crippen molar-refractivity contribution in [1.29, 1.82) is 0 Å². The van der Waals surface area contributed by atoms with Gasteiger partial charge in [0.15, 0.2) is 5.78 Å². The number of hydrogen-bond donors (Lipinski definition) is 0. The molecule has 5 nitrogen and oxygen atoms in total. The number of hydrogen-bond acceptors (Lipinski definition) is 5. The zero-order chi connectivity index (χ0) is 25.7. The van der Waals surface area contributed by atoms with E-state index in [4.69, 9.17) is 4.74 Å². The van der Waals surface area contributed by atoms with Crippen molar-refractivity contribution in [1.82, 2.24) is 9.80 Å². The number of carbonyl (C=O) groups is 1. The summed E-state index contributed by atoms with van der Waals surface area (Å²) in [6.45, 7) is 6.90. The van der Waals surface area contributed by atoms with Gasteiger partial charge >= 0.3 is 0 Å². The first-order valence-corrected chi connectivity index (χ1v) is 12.5. The van der Waals surface area contributed by atoms with Crippen molar-refractivity contribution in [3.63, 3.8) is 0 Å². The van der Waals surface area contributed by atoms with Gasteiger partial charge in [0.1, 0.15) is 5.75 Å². The summed E-state index contributed by atoms with van der Waals surface area (Å²) < 4.78 is 5.39. The number of allylic oxidation sites excluding steroid dienone is 1. The monoisotopic (exact) mass is 483 g/mol. The van der Waals surface area contributed by atoms with Crippen molar-refractivity contribution in [3.8, 4) is 16.9 Å². The summed E-state index contributed by atoms with van der Waals surface area (Å²) in [5, 5.41) is 0. The maximum Gasteiger partial charge on any atom is 0.186 e. The number of piperazine rings is 1. The van der Waals surface area contributed by atoms with Gasteiger partial charge in [0.25, 0.3) is 0 Å². The first-order chi connectivity index (χ1) is 17.3. The zero-order valence-corrected chi connectivity index (χ0v) is 22.1.